The van der Waals surface area contributed by atoms with Crippen LogP contribution in [0.4, 0.5) is 0 Å². The van der Waals surface area contributed by atoms with Gasteiger partial charge in [-0.05, 0) is 30.5 Å². The molecule has 0 saturated heterocycles. The predicted octanol–water partition coefficient (Wildman–Crippen LogP) is 2.56. The van der Waals surface area contributed by atoms with Crippen LogP contribution in [0.2, 0.25) is 0 Å². The number of nitrogens with zero attached hydrogens (tertiary/aromatic N) is 1. The molecule has 0 radical (unpaired) electrons. The van der Waals surface area contributed by atoms with Crippen LogP contribution >= 0.6 is 0 Å². The fourth-order valence-electron chi connectivity index (χ4n) is 2.15. The quantitative estimate of drug-likeness (QED) is 0.778. The molecule has 1 aromatic carbocycles. The Morgan fingerprint density at radius 1 is 1.24 bits per heavy atom. The molecule has 0 aliphatic heterocycles. The molecular formula is C14H19NO2. The van der Waals surface area contributed by atoms with Crippen molar-refractivity contribution in [2.45, 2.75) is 26.0 Å². The highest BCUT2D eigenvalue weighted by Crippen LogP contribution is 2.20. The Balaban J connectivity index is 2.13. The lowest BCUT2D eigenvalue weighted by atomic mass is 10.1. The van der Waals surface area contributed by atoms with Gasteiger partial charge in [0.15, 0.2) is 0 Å². The summed E-state index contributed by atoms with van der Waals surface area (Å²) in [6, 6.07) is 8.15. The zero-order valence-electron chi connectivity index (χ0n) is 10.2. The van der Waals surface area contributed by atoms with E-state index in [1.54, 1.807) is 7.11 Å². The number of fused-ring (bicyclic) bond motifs is 1. The molecule has 0 bridgehead atoms. The van der Waals surface area contributed by atoms with E-state index < -0.39 is 0 Å². The van der Waals surface area contributed by atoms with Crippen molar-refractivity contribution in [3.63, 3.8) is 0 Å². The molecule has 1 N–H and O–H groups in total. The average Bonchev–Trinajstić information content (AvgIpc) is 2.78. The fraction of sp³-hybridized carbons (Fsp3) is 0.429. The topological polar surface area (TPSA) is 34.4 Å². The molecule has 1 aromatic heterocycles. The Labute approximate surface area is 102 Å². The van der Waals surface area contributed by atoms with Crippen molar-refractivity contribution in [2.24, 2.45) is 0 Å². The van der Waals surface area contributed by atoms with E-state index in [2.05, 4.69) is 22.9 Å². The molecule has 92 valence electrons. The van der Waals surface area contributed by atoms with Crippen molar-refractivity contribution in [1.82, 2.24) is 4.57 Å². The van der Waals surface area contributed by atoms with Gasteiger partial charge in [0.25, 0.3) is 0 Å². The van der Waals surface area contributed by atoms with E-state index in [1.807, 2.05) is 12.1 Å². The lowest BCUT2D eigenvalue weighted by Crippen LogP contribution is -1.98. The van der Waals surface area contributed by atoms with Gasteiger partial charge in [-0.2, -0.15) is 0 Å². The Morgan fingerprint density at radius 2 is 2.12 bits per heavy atom. The molecule has 2 rings (SSSR count). The second-order valence-electron chi connectivity index (χ2n) is 4.22. The highest BCUT2D eigenvalue weighted by Gasteiger charge is 2.04. The third-order valence-corrected chi connectivity index (χ3v) is 3.07. The minimum atomic E-state index is 0.102. The highest BCUT2D eigenvalue weighted by atomic mass is 16.5. The molecule has 0 unspecified atom stereocenters. The summed E-state index contributed by atoms with van der Waals surface area (Å²) < 4.78 is 7.28. The van der Waals surface area contributed by atoms with Crippen LogP contribution in [0, 0.1) is 0 Å². The molecule has 17 heavy (non-hydrogen) atoms. The van der Waals surface area contributed by atoms with Crippen LogP contribution in [0.15, 0.2) is 30.5 Å². The first kappa shape index (κ1) is 12.1. The van der Waals surface area contributed by atoms with Gasteiger partial charge >= 0.3 is 0 Å². The Hall–Kier alpha value is -1.32. The van der Waals surface area contributed by atoms with Gasteiger partial charge in [0.1, 0.15) is 0 Å². The number of aryl methyl sites for hydroxylation is 1. The van der Waals surface area contributed by atoms with Crippen LogP contribution in [0.25, 0.3) is 10.9 Å². The molecule has 0 spiro atoms. The van der Waals surface area contributed by atoms with Gasteiger partial charge in [-0.15, -0.1) is 0 Å². The summed E-state index contributed by atoms with van der Waals surface area (Å²) in [5.41, 5.74) is 2.20. The second kappa shape index (κ2) is 5.84. The first-order valence-corrected chi connectivity index (χ1v) is 6.03. The van der Waals surface area contributed by atoms with E-state index in [1.165, 1.54) is 5.52 Å². The predicted molar refractivity (Wildman–Crippen MR) is 69.0 cm³/mol. The molecule has 0 aliphatic carbocycles. The van der Waals surface area contributed by atoms with Crippen molar-refractivity contribution in [3.8, 4) is 0 Å². The van der Waals surface area contributed by atoms with Gasteiger partial charge < -0.3 is 14.4 Å². The SMILES string of the molecule is COCCCCn1ccc2c(CO)cccc21. The third kappa shape index (κ3) is 2.68. The summed E-state index contributed by atoms with van der Waals surface area (Å²) in [6.45, 7) is 1.92. The summed E-state index contributed by atoms with van der Waals surface area (Å²) in [7, 11) is 1.73. The van der Waals surface area contributed by atoms with Crippen molar-refractivity contribution in [1.29, 1.82) is 0 Å². The number of rotatable bonds is 6. The normalized spacial score (nSPS) is 11.2. The van der Waals surface area contributed by atoms with Crippen molar-refractivity contribution >= 4 is 10.9 Å². The lowest BCUT2D eigenvalue weighted by Gasteiger charge is -2.06. The van der Waals surface area contributed by atoms with Crippen LogP contribution in [-0.2, 0) is 17.9 Å². The minimum absolute atomic E-state index is 0.102. The number of hydrogen-bond donors (Lipinski definition) is 1. The number of unbranched alkanes of at least 4 members (excludes halogenated alkanes) is 1. The molecule has 0 aliphatic rings. The first-order chi connectivity index (χ1) is 8.36. The Bertz CT molecular complexity index is 476. The van der Waals surface area contributed by atoms with E-state index in [9.17, 15) is 5.11 Å². The van der Waals surface area contributed by atoms with Crippen molar-refractivity contribution in [3.05, 3.63) is 36.0 Å². The Kier molecular flexibility index (Phi) is 4.18. The maximum absolute atomic E-state index is 9.27. The molecule has 0 saturated carbocycles. The molecule has 3 heteroatoms. The van der Waals surface area contributed by atoms with Crippen molar-refractivity contribution < 1.29 is 9.84 Å². The van der Waals surface area contributed by atoms with Gasteiger partial charge in [-0.25, -0.2) is 0 Å². The number of hydrogen-bond acceptors (Lipinski definition) is 2. The molecule has 0 amide bonds. The average molecular weight is 233 g/mol. The van der Waals surface area contributed by atoms with Crippen LogP contribution in [0.1, 0.15) is 18.4 Å². The van der Waals surface area contributed by atoms with Gasteiger partial charge in [0.05, 0.1) is 6.61 Å². The lowest BCUT2D eigenvalue weighted by molar-refractivity contribution is 0.191. The maximum atomic E-state index is 9.27. The van der Waals surface area contributed by atoms with Gasteiger partial charge in [-0.1, -0.05) is 12.1 Å². The summed E-state index contributed by atoms with van der Waals surface area (Å²) >= 11 is 0. The molecule has 2 aromatic rings. The zero-order chi connectivity index (χ0) is 12.1. The second-order valence-corrected chi connectivity index (χ2v) is 4.22. The number of methoxy groups -OCH3 is 1. The number of aromatic nitrogens is 1. The third-order valence-electron chi connectivity index (χ3n) is 3.07. The van der Waals surface area contributed by atoms with Crippen LogP contribution in [0.3, 0.4) is 0 Å². The van der Waals surface area contributed by atoms with Crippen LogP contribution in [0.5, 0.6) is 0 Å². The van der Waals surface area contributed by atoms with Gasteiger partial charge in [-0.3, -0.25) is 0 Å². The molecule has 0 atom stereocenters. The van der Waals surface area contributed by atoms with E-state index in [0.717, 1.165) is 36.9 Å². The standard InChI is InChI=1S/C14H19NO2/c1-17-10-3-2-8-15-9-7-13-12(11-16)5-4-6-14(13)15/h4-7,9,16H,2-3,8,10-11H2,1H3. The molecule has 1 heterocycles. The van der Waals surface area contributed by atoms with E-state index >= 15 is 0 Å². The number of aliphatic hydroxyl groups is 1. The largest absolute Gasteiger partial charge is 0.392 e. The monoisotopic (exact) mass is 233 g/mol. The van der Waals surface area contributed by atoms with Crippen LogP contribution in [-0.4, -0.2) is 23.4 Å². The number of benzene rings is 1. The highest BCUT2D eigenvalue weighted by molar-refractivity contribution is 5.83. The van der Waals surface area contributed by atoms with E-state index in [4.69, 9.17) is 4.74 Å². The summed E-state index contributed by atoms with van der Waals surface area (Å²) in [5, 5.41) is 10.4. The Morgan fingerprint density at radius 3 is 2.88 bits per heavy atom. The fourth-order valence-corrected chi connectivity index (χ4v) is 2.15. The number of ether oxygens (including phenoxy) is 1. The van der Waals surface area contributed by atoms with Crippen molar-refractivity contribution in [2.75, 3.05) is 13.7 Å². The number of aliphatic hydroxyl groups excluding tert-OH is 1. The van der Waals surface area contributed by atoms with Crippen LogP contribution < -0.4 is 0 Å². The molecule has 0 fully saturated rings. The minimum Gasteiger partial charge on any atom is -0.392 e. The molecule has 3 nitrogen and oxygen atoms in total. The summed E-state index contributed by atoms with van der Waals surface area (Å²) in [5.74, 6) is 0. The van der Waals surface area contributed by atoms with Gasteiger partial charge in [0.2, 0.25) is 0 Å². The first-order valence-electron chi connectivity index (χ1n) is 6.03. The van der Waals surface area contributed by atoms with Gasteiger partial charge in [0, 0.05) is 37.4 Å². The smallest absolute Gasteiger partial charge is 0.0688 e. The van der Waals surface area contributed by atoms with E-state index in [0.29, 0.717) is 0 Å². The zero-order valence-corrected chi connectivity index (χ0v) is 10.2. The van der Waals surface area contributed by atoms with E-state index in [-0.39, 0.29) is 6.61 Å². The molecular weight excluding hydrogens is 214 g/mol. The maximum Gasteiger partial charge on any atom is 0.0688 e. The summed E-state index contributed by atoms with van der Waals surface area (Å²) in [4.78, 5) is 0. The summed E-state index contributed by atoms with van der Waals surface area (Å²) in [6.07, 6.45) is 4.29.